The van der Waals surface area contributed by atoms with Crippen LogP contribution in [0.1, 0.15) is 6.92 Å². The Kier molecular flexibility index (Phi) is 62.8. The summed E-state index contributed by atoms with van der Waals surface area (Å²) in [5.74, 6) is 0. The third kappa shape index (κ3) is 32.1. The predicted octanol–water partition coefficient (Wildman–Crippen LogP) is -7.37. The summed E-state index contributed by atoms with van der Waals surface area (Å²) in [6.07, 6.45) is 6.00. The van der Waals surface area contributed by atoms with Crippen LogP contribution in [0.2, 0.25) is 0 Å². The van der Waals surface area contributed by atoms with E-state index in [-0.39, 0.29) is 14.1 Å². The predicted molar refractivity (Wildman–Crippen MR) is 24.0 cm³/mol. The summed E-state index contributed by atoms with van der Waals surface area (Å²) in [4.78, 5) is 0. The second kappa shape index (κ2) is 24.5. The van der Waals surface area contributed by atoms with Gasteiger partial charge in [-0.25, -0.2) is 0 Å². The molecule has 0 aromatic heterocycles. The minimum Gasteiger partial charge on any atom is -1.00 e. The van der Waals surface area contributed by atoms with Crippen molar-refractivity contribution in [3.05, 3.63) is 22.6 Å². The van der Waals surface area contributed by atoms with Gasteiger partial charge in [0.15, 0.2) is 0 Å². The van der Waals surface area contributed by atoms with Gasteiger partial charge in [0.1, 0.15) is 0 Å². The monoisotopic (exact) mass is 172 g/mol. The Morgan fingerprint density at radius 1 is 1.00 bits per heavy atom. The molecule has 0 atom stereocenters. The number of rotatable bonds is 1. The molecule has 0 aromatic rings. The second-order valence-electron chi connectivity index (χ2n) is 0.885. The Hall–Kier alpha value is -0.0157. The van der Waals surface area contributed by atoms with Crippen molar-refractivity contribution in [3.8, 4) is 0 Å². The molecular weight excluding hydrogens is 165 g/mol. The molecule has 0 N–H and O–H groups in total. The zero-order valence-electron chi connectivity index (χ0n) is 4.94. The third-order valence-corrected chi connectivity index (χ3v) is 0.700. The molecule has 0 radical (unpaired) electrons. The molecule has 4 heteroatoms. The first kappa shape index (κ1) is 23.1. The van der Waals surface area contributed by atoms with Gasteiger partial charge in [-0.1, -0.05) is 0 Å². The average molecular weight is 172 g/mol. The van der Waals surface area contributed by atoms with E-state index in [2.05, 4.69) is 0 Å². The Bertz CT molecular complexity index is 60.6. The molecule has 9 heavy (non-hydrogen) atoms. The van der Waals surface area contributed by atoms with Crippen LogP contribution in [0, 0.1) is 0 Å². The largest absolute Gasteiger partial charge is 1.00 e. The molecule has 52 valence electrons. The molecule has 0 spiro atoms. The summed E-state index contributed by atoms with van der Waals surface area (Å²) >= 11 is 2.00. The van der Waals surface area contributed by atoms with E-state index in [0.717, 1.165) is 0 Å². The molecule has 0 aromatic carbocycles. The van der Waals surface area contributed by atoms with Crippen LogP contribution in [0.25, 0.3) is 0 Å². The number of halogens is 3. The maximum atomic E-state index is 2.00. The van der Waals surface area contributed by atoms with Crippen molar-refractivity contribution in [2.75, 3.05) is 0 Å². The van der Waals surface area contributed by atoms with Crippen LogP contribution < -0.4 is 14.1 Å². The molecule has 0 bridgehead atoms. The standard InChI is InChI=1S/C5H7.3FH.Ti/c1-3-5-4-2;;;;/h1,3-5H,2H3;3*1H;/q;;;;+3/p-3. The summed E-state index contributed by atoms with van der Waals surface area (Å²) in [7, 11) is 0. The molecule has 0 amide bonds. The van der Waals surface area contributed by atoms with Gasteiger partial charge in [-0.3, -0.25) is 0 Å². The van der Waals surface area contributed by atoms with E-state index in [4.69, 9.17) is 0 Å². The van der Waals surface area contributed by atoms with Crippen LogP contribution in [0.15, 0.2) is 22.6 Å². The van der Waals surface area contributed by atoms with Crippen molar-refractivity contribution in [2.45, 2.75) is 6.92 Å². The van der Waals surface area contributed by atoms with Crippen molar-refractivity contribution in [3.63, 3.8) is 0 Å². The van der Waals surface area contributed by atoms with Gasteiger partial charge in [-0.05, 0) is 0 Å². The van der Waals surface area contributed by atoms with Crippen molar-refractivity contribution in [1.29, 1.82) is 0 Å². The Morgan fingerprint density at radius 2 is 1.44 bits per heavy atom. The summed E-state index contributed by atoms with van der Waals surface area (Å²) in [5, 5.41) is 0. The van der Waals surface area contributed by atoms with Crippen molar-refractivity contribution in [1.82, 2.24) is 0 Å². The van der Waals surface area contributed by atoms with Gasteiger partial charge in [0, 0.05) is 0 Å². The molecule has 0 aliphatic heterocycles. The van der Waals surface area contributed by atoms with E-state index < -0.39 is 0 Å². The molecule has 0 fully saturated rings. The minimum absolute atomic E-state index is 0. The average Bonchev–Trinajstić information content (AvgIpc) is 1.61. The normalized spacial score (nSPS) is 7.89. The van der Waals surface area contributed by atoms with E-state index in [9.17, 15) is 0 Å². The zero-order valence-corrected chi connectivity index (χ0v) is 6.50. The van der Waals surface area contributed by atoms with Gasteiger partial charge < -0.3 is 14.1 Å². The van der Waals surface area contributed by atoms with Crippen LogP contribution >= 0.6 is 0 Å². The fraction of sp³-hybridized carbons (Fsp3) is 0.200. The second-order valence-corrected chi connectivity index (χ2v) is 1.41. The van der Waals surface area contributed by atoms with Gasteiger partial charge in [0.05, 0.1) is 0 Å². The number of allylic oxidation sites excluding steroid dienone is 3. The van der Waals surface area contributed by atoms with E-state index in [1.165, 1.54) is 0 Å². The van der Waals surface area contributed by atoms with Crippen molar-refractivity contribution in [2.24, 2.45) is 0 Å². The van der Waals surface area contributed by atoms with Gasteiger partial charge in [-0.2, -0.15) is 0 Å². The molecule has 0 aliphatic rings. The van der Waals surface area contributed by atoms with Crippen LogP contribution in [0.5, 0.6) is 0 Å². The quantitative estimate of drug-likeness (QED) is 0.272. The SMILES string of the molecule is CC=CC=[CH][Ti+3].[F-].[F-].[F-]. The Labute approximate surface area is 64.5 Å². The van der Waals surface area contributed by atoms with E-state index in [0.29, 0.717) is 0 Å². The number of hydrogen-bond acceptors (Lipinski definition) is 0. The molecule has 0 saturated carbocycles. The topological polar surface area (TPSA) is 0 Å². The van der Waals surface area contributed by atoms with Crippen molar-refractivity contribution < 1.29 is 34.5 Å². The first-order valence-electron chi connectivity index (χ1n) is 1.87. The summed E-state index contributed by atoms with van der Waals surface area (Å²) in [6, 6.07) is 0. The fourth-order valence-corrected chi connectivity index (χ4v) is 0.340. The maximum absolute atomic E-state index is 2.00. The zero-order chi connectivity index (χ0) is 4.83. The Morgan fingerprint density at radius 3 is 1.56 bits per heavy atom. The van der Waals surface area contributed by atoms with Crippen LogP contribution in [-0.4, -0.2) is 0 Å². The molecule has 0 nitrogen and oxygen atoms in total. The molecule has 0 heterocycles. The van der Waals surface area contributed by atoms with Gasteiger partial charge in [0.25, 0.3) is 0 Å². The molecule has 0 unspecified atom stereocenters. The van der Waals surface area contributed by atoms with Crippen LogP contribution in [-0.2, 0) is 20.4 Å². The molecule has 0 saturated heterocycles. The third-order valence-electron chi connectivity index (χ3n) is 0.400. The van der Waals surface area contributed by atoms with E-state index >= 15 is 0 Å². The summed E-state index contributed by atoms with van der Waals surface area (Å²) in [6.45, 7) is 2.00. The van der Waals surface area contributed by atoms with Gasteiger partial charge in [0.2, 0.25) is 0 Å². The van der Waals surface area contributed by atoms with E-state index in [1.807, 2.05) is 50.0 Å². The first-order valence-corrected chi connectivity index (χ1v) is 2.77. The Balaban J connectivity index is -0.0000000417. The summed E-state index contributed by atoms with van der Waals surface area (Å²) < 4.78 is 2.00. The van der Waals surface area contributed by atoms with Crippen molar-refractivity contribution >= 4 is 0 Å². The maximum Gasteiger partial charge on any atom is -1.00 e. The van der Waals surface area contributed by atoms with E-state index in [1.54, 1.807) is 0 Å². The van der Waals surface area contributed by atoms with Gasteiger partial charge in [-0.15, -0.1) is 0 Å². The smallest absolute Gasteiger partial charge is 1.00 e. The van der Waals surface area contributed by atoms with Crippen LogP contribution in [0.3, 0.4) is 0 Å². The fourth-order valence-electron chi connectivity index (χ4n) is 0.167. The van der Waals surface area contributed by atoms with Gasteiger partial charge >= 0.3 is 50.0 Å². The molecule has 0 rings (SSSR count). The van der Waals surface area contributed by atoms with Crippen LogP contribution in [0.4, 0.5) is 0 Å². The molecule has 0 aliphatic carbocycles. The minimum atomic E-state index is 0. The molecular formula is C5H7F3Ti. The number of hydrogen-bond donors (Lipinski definition) is 0. The summed E-state index contributed by atoms with van der Waals surface area (Å²) in [5.41, 5.74) is 0. The first-order chi connectivity index (χ1) is 2.91.